The lowest BCUT2D eigenvalue weighted by atomic mass is 9.93. The normalized spacial score (nSPS) is 13.9. The number of carbonyl (C=O) groups is 1. The van der Waals surface area contributed by atoms with E-state index in [-0.39, 0.29) is 16.5 Å². The Hall–Kier alpha value is -2.11. The average Bonchev–Trinajstić information content (AvgIpc) is 2.92. The molecule has 1 aromatic carbocycles. The maximum atomic E-state index is 12.6. The number of hydrogen-bond donors (Lipinski definition) is 1. The monoisotopic (exact) mass is 361 g/mol. The molecule has 0 saturated carbocycles. The number of rotatable bonds is 5. The highest BCUT2D eigenvalue weighted by molar-refractivity contribution is 6.00. The molecule has 144 valence electrons. The number of hydrogen-bond acceptors (Lipinski definition) is 4. The van der Waals surface area contributed by atoms with Crippen LogP contribution in [0.15, 0.2) is 0 Å². The number of nitro benzene ring substituents is 1. The Morgan fingerprint density at radius 1 is 1.27 bits per heavy atom. The van der Waals surface area contributed by atoms with Crippen molar-refractivity contribution >= 4 is 23.0 Å². The molecular weight excluding hydrogens is 330 g/mol. The fourth-order valence-electron chi connectivity index (χ4n) is 3.43. The summed E-state index contributed by atoms with van der Waals surface area (Å²) in [4.78, 5) is 26.2. The zero-order valence-electron chi connectivity index (χ0n) is 17.0. The third-order valence-corrected chi connectivity index (χ3v) is 5.09. The number of benzene rings is 1. The van der Waals surface area contributed by atoms with E-state index < -0.39 is 5.41 Å². The van der Waals surface area contributed by atoms with Crippen molar-refractivity contribution in [2.75, 3.05) is 23.3 Å². The number of nitro groups is 1. The van der Waals surface area contributed by atoms with Crippen LogP contribution in [0.5, 0.6) is 0 Å². The number of nitrogens with zero attached hydrogens (tertiary/aromatic N) is 2. The van der Waals surface area contributed by atoms with Crippen LogP contribution in [-0.2, 0) is 11.2 Å². The highest BCUT2D eigenvalue weighted by Crippen LogP contribution is 2.45. The first-order chi connectivity index (χ1) is 11.9. The van der Waals surface area contributed by atoms with Gasteiger partial charge in [-0.1, -0.05) is 34.6 Å². The van der Waals surface area contributed by atoms with Crippen LogP contribution in [0, 0.1) is 35.3 Å². The van der Waals surface area contributed by atoms with E-state index in [0.717, 1.165) is 42.7 Å². The van der Waals surface area contributed by atoms with Gasteiger partial charge in [-0.05, 0) is 38.2 Å². The van der Waals surface area contributed by atoms with Crippen LogP contribution < -0.4 is 10.2 Å². The molecule has 0 radical (unpaired) electrons. The molecule has 6 heteroatoms. The second kappa shape index (κ2) is 7.25. The average molecular weight is 361 g/mol. The van der Waals surface area contributed by atoms with Gasteiger partial charge in [0, 0.05) is 24.1 Å². The van der Waals surface area contributed by atoms with E-state index in [0.29, 0.717) is 17.2 Å². The lowest BCUT2D eigenvalue weighted by Crippen LogP contribution is -2.30. The Bertz CT molecular complexity index is 733. The maximum absolute atomic E-state index is 12.6. The van der Waals surface area contributed by atoms with Crippen LogP contribution in [0.4, 0.5) is 17.1 Å². The van der Waals surface area contributed by atoms with Gasteiger partial charge in [-0.2, -0.15) is 0 Å². The third-order valence-electron chi connectivity index (χ3n) is 5.09. The molecule has 0 fully saturated rings. The van der Waals surface area contributed by atoms with Crippen molar-refractivity contribution < 1.29 is 9.72 Å². The first kappa shape index (κ1) is 20.2. The van der Waals surface area contributed by atoms with E-state index in [9.17, 15) is 14.9 Å². The molecule has 0 atom stereocenters. The molecule has 6 nitrogen and oxygen atoms in total. The van der Waals surface area contributed by atoms with E-state index in [1.807, 2.05) is 27.7 Å². The first-order valence-electron chi connectivity index (χ1n) is 9.32. The second-order valence-electron chi connectivity index (χ2n) is 8.68. The smallest absolute Gasteiger partial charge is 0.277 e. The van der Waals surface area contributed by atoms with Crippen molar-refractivity contribution in [3.05, 3.63) is 26.8 Å². The minimum atomic E-state index is -0.569. The number of amides is 1. The van der Waals surface area contributed by atoms with Crippen LogP contribution in [-0.4, -0.2) is 23.9 Å². The molecule has 1 aliphatic heterocycles. The van der Waals surface area contributed by atoms with Gasteiger partial charge in [0.15, 0.2) is 0 Å². The van der Waals surface area contributed by atoms with E-state index in [1.165, 1.54) is 0 Å². The Kier molecular flexibility index (Phi) is 5.64. The summed E-state index contributed by atoms with van der Waals surface area (Å²) in [6.07, 6.45) is 1.82. The topological polar surface area (TPSA) is 75.5 Å². The Balaban J connectivity index is 2.60. The summed E-state index contributed by atoms with van der Waals surface area (Å²) < 4.78 is 0. The predicted molar refractivity (Wildman–Crippen MR) is 106 cm³/mol. The van der Waals surface area contributed by atoms with Gasteiger partial charge in [0.05, 0.1) is 21.9 Å². The number of carbonyl (C=O) groups excluding carboxylic acids is 1. The van der Waals surface area contributed by atoms with Crippen LogP contribution in [0.2, 0.25) is 0 Å². The molecular formula is C20H31N3O3. The van der Waals surface area contributed by atoms with Gasteiger partial charge in [-0.3, -0.25) is 14.9 Å². The molecule has 0 bridgehead atoms. The third kappa shape index (κ3) is 3.84. The number of fused-ring (bicyclic) bond motifs is 1. The standard InChI is InChI=1S/C20H31N3O3/c1-12(2)8-10-22-11-9-15-13(3)17(23(25)26)14(4)16(18(15)22)21-19(24)20(5,6)7/h12H,8-11H2,1-7H3,(H,21,24). The Morgan fingerprint density at radius 3 is 2.38 bits per heavy atom. The molecule has 0 aromatic heterocycles. The largest absolute Gasteiger partial charge is 0.369 e. The second-order valence-corrected chi connectivity index (χ2v) is 8.68. The van der Waals surface area contributed by atoms with Gasteiger partial charge in [-0.15, -0.1) is 0 Å². The summed E-state index contributed by atoms with van der Waals surface area (Å²) in [7, 11) is 0. The van der Waals surface area contributed by atoms with E-state index >= 15 is 0 Å². The van der Waals surface area contributed by atoms with Crippen LogP contribution in [0.1, 0.15) is 57.7 Å². The van der Waals surface area contributed by atoms with Crippen molar-refractivity contribution in [2.24, 2.45) is 11.3 Å². The summed E-state index contributed by atoms with van der Waals surface area (Å²) in [5, 5.41) is 14.7. The zero-order valence-corrected chi connectivity index (χ0v) is 17.0. The molecule has 1 aliphatic rings. The van der Waals surface area contributed by atoms with Gasteiger partial charge in [0.1, 0.15) is 0 Å². The van der Waals surface area contributed by atoms with Crippen molar-refractivity contribution in [2.45, 2.75) is 61.3 Å². The molecule has 2 rings (SSSR count). The SMILES string of the molecule is Cc1c2c(c(NC(=O)C(C)(C)C)c(C)c1[N+](=O)[O-])N(CCC(C)C)CC2. The van der Waals surface area contributed by atoms with Gasteiger partial charge in [0.25, 0.3) is 5.69 Å². The van der Waals surface area contributed by atoms with Gasteiger partial charge in [-0.25, -0.2) is 0 Å². The zero-order chi connectivity index (χ0) is 19.8. The van der Waals surface area contributed by atoms with Gasteiger partial charge >= 0.3 is 0 Å². The number of nitrogens with one attached hydrogen (secondary N) is 1. The lowest BCUT2D eigenvalue weighted by molar-refractivity contribution is -0.386. The quantitative estimate of drug-likeness (QED) is 0.614. The fraction of sp³-hybridized carbons (Fsp3) is 0.650. The predicted octanol–water partition coefficient (Wildman–Crippen LogP) is 4.60. The van der Waals surface area contributed by atoms with Crippen LogP contribution >= 0.6 is 0 Å². The van der Waals surface area contributed by atoms with E-state index in [2.05, 4.69) is 24.1 Å². The Labute approximate surface area is 156 Å². The molecule has 1 N–H and O–H groups in total. The maximum Gasteiger partial charge on any atom is 0.277 e. The number of anilines is 2. The summed E-state index contributed by atoms with van der Waals surface area (Å²) in [6.45, 7) is 15.2. The van der Waals surface area contributed by atoms with Crippen molar-refractivity contribution in [1.82, 2.24) is 0 Å². The fourth-order valence-corrected chi connectivity index (χ4v) is 3.43. The van der Waals surface area contributed by atoms with Crippen molar-refractivity contribution in [1.29, 1.82) is 0 Å². The highest BCUT2D eigenvalue weighted by atomic mass is 16.6. The molecule has 1 heterocycles. The van der Waals surface area contributed by atoms with Gasteiger partial charge < -0.3 is 10.2 Å². The minimum Gasteiger partial charge on any atom is -0.369 e. The minimum absolute atomic E-state index is 0.124. The molecule has 0 saturated heterocycles. The lowest BCUT2D eigenvalue weighted by Gasteiger charge is -2.27. The molecule has 0 unspecified atom stereocenters. The van der Waals surface area contributed by atoms with Crippen LogP contribution in [0.3, 0.4) is 0 Å². The molecule has 0 aliphatic carbocycles. The highest BCUT2D eigenvalue weighted by Gasteiger charge is 2.34. The van der Waals surface area contributed by atoms with E-state index in [1.54, 1.807) is 6.92 Å². The van der Waals surface area contributed by atoms with E-state index in [4.69, 9.17) is 0 Å². The van der Waals surface area contributed by atoms with Crippen LogP contribution in [0.25, 0.3) is 0 Å². The molecule has 1 amide bonds. The molecule has 1 aromatic rings. The van der Waals surface area contributed by atoms with Crippen molar-refractivity contribution in [3.63, 3.8) is 0 Å². The summed E-state index contributed by atoms with van der Waals surface area (Å²) in [6, 6.07) is 0. The molecule has 0 spiro atoms. The Morgan fingerprint density at radius 2 is 1.88 bits per heavy atom. The summed E-state index contributed by atoms with van der Waals surface area (Å²) in [5.74, 6) is 0.448. The molecule has 26 heavy (non-hydrogen) atoms. The first-order valence-corrected chi connectivity index (χ1v) is 9.32. The summed E-state index contributed by atoms with van der Waals surface area (Å²) in [5.41, 5.74) is 3.40. The van der Waals surface area contributed by atoms with Crippen molar-refractivity contribution in [3.8, 4) is 0 Å². The van der Waals surface area contributed by atoms with Gasteiger partial charge in [0.2, 0.25) is 5.91 Å². The summed E-state index contributed by atoms with van der Waals surface area (Å²) >= 11 is 0.